The van der Waals surface area contributed by atoms with Crippen molar-refractivity contribution in [1.29, 1.82) is 0 Å². The highest BCUT2D eigenvalue weighted by Crippen LogP contribution is 2.30. The standard InChI is InChI=1S/C18H15ClF2N2O2/c1-10-5-6-12(8-13(10)19)22-18(25)11-7-16(24)23(9-11)17-14(20)3-2-4-15(17)21/h2-6,8,11H,7,9H2,1H3,(H,22,25). The Morgan fingerprint density at radius 2 is 1.92 bits per heavy atom. The zero-order valence-electron chi connectivity index (χ0n) is 13.4. The molecule has 1 aliphatic heterocycles. The van der Waals surface area contributed by atoms with Crippen molar-refractivity contribution in [2.45, 2.75) is 13.3 Å². The predicted octanol–water partition coefficient (Wildman–Crippen LogP) is 3.92. The van der Waals surface area contributed by atoms with Crippen LogP contribution in [0.25, 0.3) is 0 Å². The molecule has 1 heterocycles. The molecule has 2 aromatic carbocycles. The molecular formula is C18H15ClF2N2O2. The number of aryl methyl sites for hydroxylation is 1. The molecule has 7 heteroatoms. The lowest BCUT2D eigenvalue weighted by molar-refractivity contribution is -0.122. The third-order valence-electron chi connectivity index (χ3n) is 4.14. The summed E-state index contributed by atoms with van der Waals surface area (Å²) in [5.41, 5.74) is 0.960. The van der Waals surface area contributed by atoms with Gasteiger partial charge in [-0.3, -0.25) is 9.59 Å². The maximum atomic E-state index is 13.9. The van der Waals surface area contributed by atoms with Crippen molar-refractivity contribution in [3.63, 3.8) is 0 Å². The summed E-state index contributed by atoms with van der Waals surface area (Å²) in [6, 6.07) is 8.45. The van der Waals surface area contributed by atoms with Gasteiger partial charge in [-0.2, -0.15) is 0 Å². The summed E-state index contributed by atoms with van der Waals surface area (Å²) in [7, 11) is 0. The van der Waals surface area contributed by atoms with Crippen molar-refractivity contribution in [3.05, 3.63) is 58.6 Å². The molecule has 1 N–H and O–H groups in total. The first-order valence-corrected chi connectivity index (χ1v) is 8.06. The number of benzene rings is 2. The van der Waals surface area contributed by atoms with Crippen LogP contribution >= 0.6 is 11.6 Å². The Bertz CT molecular complexity index is 837. The number of anilines is 2. The zero-order valence-corrected chi connectivity index (χ0v) is 14.1. The van der Waals surface area contributed by atoms with Crippen LogP contribution in [0.2, 0.25) is 5.02 Å². The van der Waals surface area contributed by atoms with Crippen LogP contribution in [-0.2, 0) is 9.59 Å². The van der Waals surface area contributed by atoms with E-state index >= 15 is 0 Å². The van der Waals surface area contributed by atoms with Crippen LogP contribution in [0.15, 0.2) is 36.4 Å². The number of amides is 2. The minimum atomic E-state index is -0.834. The lowest BCUT2D eigenvalue weighted by atomic mass is 10.1. The van der Waals surface area contributed by atoms with Crippen LogP contribution < -0.4 is 10.2 Å². The molecule has 4 nitrogen and oxygen atoms in total. The van der Waals surface area contributed by atoms with Crippen LogP contribution in [0.5, 0.6) is 0 Å². The Hall–Kier alpha value is -2.47. The van der Waals surface area contributed by atoms with Crippen molar-refractivity contribution in [3.8, 4) is 0 Å². The highest BCUT2D eigenvalue weighted by atomic mass is 35.5. The van der Waals surface area contributed by atoms with E-state index in [0.717, 1.165) is 22.6 Å². The van der Waals surface area contributed by atoms with E-state index < -0.39 is 35.1 Å². The van der Waals surface area contributed by atoms with Gasteiger partial charge < -0.3 is 10.2 Å². The second kappa shape index (κ2) is 6.80. The second-order valence-electron chi connectivity index (χ2n) is 5.93. The number of nitrogens with zero attached hydrogens (tertiary/aromatic N) is 1. The van der Waals surface area contributed by atoms with Crippen LogP contribution in [0.4, 0.5) is 20.2 Å². The normalized spacial score (nSPS) is 17.0. The van der Waals surface area contributed by atoms with Gasteiger partial charge in [0, 0.05) is 23.7 Å². The number of carbonyl (C=O) groups is 2. The molecule has 2 aromatic rings. The van der Waals surface area contributed by atoms with Crippen molar-refractivity contribution in [1.82, 2.24) is 0 Å². The summed E-state index contributed by atoms with van der Waals surface area (Å²) < 4.78 is 27.8. The monoisotopic (exact) mass is 364 g/mol. The number of halogens is 3. The Kier molecular flexibility index (Phi) is 4.72. The molecule has 1 saturated heterocycles. The van der Waals surface area contributed by atoms with Crippen LogP contribution in [0, 0.1) is 24.5 Å². The van der Waals surface area contributed by atoms with Crippen molar-refractivity contribution < 1.29 is 18.4 Å². The zero-order chi connectivity index (χ0) is 18.1. The molecule has 0 saturated carbocycles. The smallest absolute Gasteiger partial charge is 0.229 e. The molecule has 0 aliphatic carbocycles. The van der Waals surface area contributed by atoms with Gasteiger partial charge in [0.1, 0.15) is 17.3 Å². The number of hydrogen-bond donors (Lipinski definition) is 1. The first-order valence-electron chi connectivity index (χ1n) is 7.68. The molecule has 0 bridgehead atoms. The second-order valence-corrected chi connectivity index (χ2v) is 6.34. The van der Waals surface area contributed by atoms with Gasteiger partial charge in [-0.15, -0.1) is 0 Å². The topological polar surface area (TPSA) is 49.4 Å². The summed E-state index contributed by atoms with van der Waals surface area (Å²) in [5, 5.41) is 3.19. The summed E-state index contributed by atoms with van der Waals surface area (Å²) in [6.07, 6.45) is -0.112. The van der Waals surface area contributed by atoms with E-state index in [4.69, 9.17) is 11.6 Å². The number of hydrogen-bond acceptors (Lipinski definition) is 2. The maximum Gasteiger partial charge on any atom is 0.229 e. The number of rotatable bonds is 3. The fourth-order valence-electron chi connectivity index (χ4n) is 2.76. The van der Waals surface area contributed by atoms with Gasteiger partial charge in [0.2, 0.25) is 11.8 Å². The Balaban J connectivity index is 1.75. The van der Waals surface area contributed by atoms with E-state index in [1.807, 2.05) is 6.92 Å². The minimum absolute atomic E-state index is 0.0812. The summed E-state index contributed by atoms with van der Waals surface area (Å²) >= 11 is 6.02. The van der Waals surface area contributed by atoms with Crippen LogP contribution in [-0.4, -0.2) is 18.4 Å². The van der Waals surface area contributed by atoms with E-state index in [2.05, 4.69) is 5.32 Å². The molecule has 1 aliphatic rings. The van der Waals surface area contributed by atoms with Gasteiger partial charge in [-0.05, 0) is 36.8 Å². The highest BCUT2D eigenvalue weighted by Gasteiger charge is 2.37. The molecule has 130 valence electrons. The predicted molar refractivity (Wildman–Crippen MR) is 91.6 cm³/mol. The Morgan fingerprint density at radius 3 is 2.56 bits per heavy atom. The lowest BCUT2D eigenvalue weighted by Crippen LogP contribution is -2.29. The van der Waals surface area contributed by atoms with Gasteiger partial charge in [-0.25, -0.2) is 8.78 Å². The molecule has 2 amide bonds. The maximum absolute atomic E-state index is 13.9. The van der Waals surface area contributed by atoms with Gasteiger partial charge in [0.15, 0.2) is 0 Å². The van der Waals surface area contributed by atoms with Crippen LogP contribution in [0.3, 0.4) is 0 Å². The lowest BCUT2D eigenvalue weighted by Gasteiger charge is -2.18. The molecule has 1 unspecified atom stereocenters. The summed E-state index contributed by atoms with van der Waals surface area (Å²) in [4.78, 5) is 25.5. The van der Waals surface area contributed by atoms with Crippen LogP contribution in [0.1, 0.15) is 12.0 Å². The molecule has 3 rings (SSSR count). The number of para-hydroxylation sites is 1. The van der Waals surface area contributed by atoms with E-state index in [0.29, 0.717) is 10.7 Å². The van der Waals surface area contributed by atoms with Gasteiger partial charge in [-0.1, -0.05) is 23.7 Å². The molecule has 25 heavy (non-hydrogen) atoms. The minimum Gasteiger partial charge on any atom is -0.326 e. The third-order valence-corrected chi connectivity index (χ3v) is 4.55. The molecule has 0 spiro atoms. The first kappa shape index (κ1) is 17.4. The van der Waals surface area contributed by atoms with Gasteiger partial charge in [0.05, 0.1) is 5.92 Å². The Labute approximate surface area is 148 Å². The molecule has 0 aromatic heterocycles. The number of carbonyl (C=O) groups excluding carboxylic acids is 2. The highest BCUT2D eigenvalue weighted by molar-refractivity contribution is 6.31. The van der Waals surface area contributed by atoms with E-state index in [1.165, 1.54) is 6.07 Å². The van der Waals surface area contributed by atoms with E-state index in [1.54, 1.807) is 18.2 Å². The summed E-state index contributed by atoms with van der Waals surface area (Å²) in [5.74, 6) is -3.26. The van der Waals surface area contributed by atoms with Gasteiger partial charge >= 0.3 is 0 Å². The largest absolute Gasteiger partial charge is 0.326 e. The first-order chi connectivity index (χ1) is 11.9. The average molecular weight is 365 g/mol. The fourth-order valence-corrected chi connectivity index (χ4v) is 2.94. The van der Waals surface area contributed by atoms with Crippen molar-refractivity contribution in [2.24, 2.45) is 5.92 Å². The molecular weight excluding hydrogens is 350 g/mol. The van der Waals surface area contributed by atoms with Crippen molar-refractivity contribution in [2.75, 3.05) is 16.8 Å². The fraction of sp³-hybridized carbons (Fsp3) is 0.222. The molecule has 1 fully saturated rings. The molecule has 1 atom stereocenters. The van der Waals surface area contributed by atoms with E-state index in [9.17, 15) is 18.4 Å². The van der Waals surface area contributed by atoms with Crippen molar-refractivity contribution >= 4 is 34.8 Å². The summed E-state index contributed by atoms with van der Waals surface area (Å²) in [6.45, 7) is 1.76. The van der Waals surface area contributed by atoms with Gasteiger partial charge in [0.25, 0.3) is 0 Å². The quantitative estimate of drug-likeness (QED) is 0.897. The molecule has 0 radical (unpaired) electrons. The average Bonchev–Trinajstić information content (AvgIpc) is 2.93. The Morgan fingerprint density at radius 1 is 1.24 bits per heavy atom. The van der Waals surface area contributed by atoms with E-state index in [-0.39, 0.29) is 13.0 Å². The SMILES string of the molecule is Cc1ccc(NC(=O)C2CC(=O)N(c3c(F)cccc3F)C2)cc1Cl. The number of nitrogens with one attached hydrogen (secondary N) is 1. The third kappa shape index (κ3) is 3.49.